The number of nitrogens with two attached hydrogens (primary N) is 1. The summed E-state index contributed by atoms with van der Waals surface area (Å²) in [5.41, 5.74) is 7.38. The summed E-state index contributed by atoms with van der Waals surface area (Å²) >= 11 is 0. The van der Waals surface area contributed by atoms with E-state index in [1.54, 1.807) is 11.0 Å². The Kier molecular flexibility index (Phi) is 7.03. The molecule has 0 aromatic heterocycles. The lowest BCUT2D eigenvalue weighted by Gasteiger charge is -2.27. The zero-order chi connectivity index (χ0) is 16.3. The number of carbonyl (C=O) groups is 2. The van der Waals surface area contributed by atoms with Gasteiger partial charge in [-0.3, -0.25) is 9.59 Å². The first-order valence-corrected chi connectivity index (χ1v) is 7.81. The summed E-state index contributed by atoms with van der Waals surface area (Å²) in [6.07, 6.45) is 0.822. The minimum atomic E-state index is -0.516. The number of nitrogens with one attached hydrogen (secondary N) is 1. The SMILES string of the molecule is Cc1ccccc1C(=O)NC(C(=O)N1CC[C@@H](N)C1)C(C)C.Cl. The van der Waals surface area contributed by atoms with Crippen LogP contribution in [0.3, 0.4) is 0 Å². The fourth-order valence-corrected chi connectivity index (χ4v) is 2.74. The van der Waals surface area contributed by atoms with E-state index < -0.39 is 6.04 Å². The second-order valence-electron chi connectivity index (χ2n) is 6.34. The summed E-state index contributed by atoms with van der Waals surface area (Å²) in [6, 6.07) is 6.91. The number of amides is 2. The summed E-state index contributed by atoms with van der Waals surface area (Å²) in [5.74, 6) is -0.212. The van der Waals surface area contributed by atoms with Gasteiger partial charge in [0.2, 0.25) is 5.91 Å². The number of hydrogen-bond acceptors (Lipinski definition) is 3. The van der Waals surface area contributed by atoms with E-state index in [1.165, 1.54) is 0 Å². The molecule has 5 nitrogen and oxygen atoms in total. The van der Waals surface area contributed by atoms with Crippen molar-refractivity contribution in [1.29, 1.82) is 0 Å². The highest BCUT2D eigenvalue weighted by Gasteiger charge is 2.32. The van der Waals surface area contributed by atoms with Gasteiger partial charge in [-0.2, -0.15) is 0 Å². The molecule has 0 spiro atoms. The second kappa shape index (κ2) is 8.31. The Morgan fingerprint density at radius 2 is 1.96 bits per heavy atom. The first-order chi connectivity index (χ1) is 10.4. The number of rotatable bonds is 4. The van der Waals surface area contributed by atoms with E-state index in [0.717, 1.165) is 12.0 Å². The standard InChI is InChI=1S/C17H25N3O2.ClH/c1-11(2)15(17(22)20-9-8-13(18)10-20)19-16(21)14-7-5-4-6-12(14)3;/h4-7,11,13,15H,8-10,18H2,1-3H3,(H,19,21);1H/t13-,15?;/m1./s1. The highest BCUT2D eigenvalue weighted by atomic mass is 35.5. The van der Waals surface area contributed by atoms with Crippen LogP contribution < -0.4 is 11.1 Å². The van der Waals surface area contributed by atoms with Gasteiger partial charge in [-0.15, -0.1) is 12.4 Å². The van der Waals surface area contributed by atoms with Gasteiger partial charge in [0.25, 0.3) is 5.91 Å². The van der Waals surface area contributed by atoms with Crippen molar-refractivity contribution >= 4 is 24.2 Å². The number of nitrogens with zero attached hydrogens (tertiary/aromatic N) is 1. The van der Waals surface area contributed by atoms with Gasteiger partial charge in [0.15, 0.2) is 0 Å². The Labute approximate surface area is 144 Å². The molecule has 2 rings (SSSR count). The molecule has 1 aliphatic heterocycles. The summed E-state index contributed by atoms with van der Waals surface area (Å²) in [6.45, 7) is 7.01. The van der Waals surface area contributed by atoms with Crippen molar-refractivity contribution in [2.45, 2.75) is 39.3 Å². The van der Waals surface area contributed by atoms with Crippen LogP contribution in [0.25, 0.3) is 0 Å². The molecule has 1 aliphatic rings. The Balaban J connectivity index is 0.00000264. The summed E-state index contributed by atoms with van der Waals surface area (Å²) < 4.78 is 0. The summed E-state index contributed by atoms with van der Waals surface area (Å²) in [7, 11) is 0. The predicted molar refractivity (Wildman–Crippen MR) is 93.7 cm³/mol. The quantitative estimate of drug-likeness (QED) is 0.877. The molecule has 2 atom stereocenters. The van der Waals surface area contributed by atoms with Gasteiger partial charge in [-0.1, -0.05) is 32.0 Å². The average molecular weight is 340 g/mol. The number of aryl methyl sites for hydroxylation is 1. The van der Waals surface area contributed by atoms with Crippen molar-refractivity contribution in [3.05, 3.63) is 35.4 Å². The number of halogens is 1. The van der Waals surface area contributed by atoms with Crippen molar-refractivity contribution in [3.8, 4) is 0 Å². The third-order valence-electron chi connectivity index (χ3n) is 4.15. The minimum absolute atomic E-state index is 0. The number of carbonyl (C=O) groups excluding carboxylic acids is 2. The lowest BCUT2D eigenvalue weighted by Crippen LogP contribution is -2.51. The normalized spacial score (nSPS) is 18.5. The first kappa shape index (κ1) is 19.5. The largest absolute Gasteiger partial charge is 0.340 e. The van der Waals surface area contributed by atoms with Crippen molar-refractivity contribution in [2.24, 2.45) is 11.7 Å². The van der Waals surface area contributed by atoms with Crippen LogP contribution in [0.2, 0.25) is 0 Å². The lowest BCUT2D eigenvalue weighted by atomic mass is 10.0. The first-order valence-electron chi connectivity index (χ1n) is 7.81. The van der Waals surface area contributed by atoms with Crippen LogP contribution in [-0.2, 0) is 4.79 Å². The third-order valence-corrected chi connectivity index (χ3v) is 4.15. The fourth-order valence-electron chi connectivity index (χ4n) is 2.74. The summed E-state index contributed by atoms with van der Waals surface area (Å²) in [4.78, 5) is 26.9. The van der Waals surface area contributed by atoms with Gasteiger partial charge in [0, 0.05) is 24.7 Å². The maximum atomic E-state index is 12.6. The van der Waals surface area contributed by atoms with Gasteiger partial charge in [0.1, 0.15) is 6.04 Å². The van der Waals surface area contributed by atoms with E-state index >= 15 is 0 Å². The Morgan fingerprint density at radius 3 is 2.48 bits per heavy atom. The van der Waals surface area contributed by atoms with Crippen LogP contribution in [0.15, 0.2) is 24.3 Å². The molecule has 1 unspecified atom stereocenters. The maximum absolute atomic E-state index is 12.6. The zero-order valence-corrected chi connectivity index (χ0v) is 14.7. The molecule has 23 heavy (non-hydrogen) atoms. The van der Waals surface area contributed by atoms with Crippen molar-refractivity contribution in [2.75, 3.05) is 13.1 Å². The Hall–Kier alpha value is -1.59. The molecule has 1 saturated heterocycles. The third kappa shape index (κ3) is 4.69. The lowest BCUT2D eigenvalue weighted by molar-refractivity contribution is -0.133. The minimum Gasteiger partial charge on any atom is -0.340 e. The highest BCUT2D eigenvalue weighted by molar-refractivity contribution is 5.98. The molecule has 1 fully saturated rings. The smallest absolute Gasteiger partial charge is 0.252 e. The molecule has 0 radical (unpaired) electrons. The average Bonchev–Trinajstić information content (AvgIpc) is 2.90. The maximum Gasteiger partial charge on any atom is 0.252 e. The van der Waals surface area contributed by atoms with E-state index in [2.05, 4.69) is 5.32 Å². The number of benzene rings is 1. The van der Waals surface area contributed by atoms with Crippen molar-refractivity contribution in [1.82, 2.24) is 10.2 Å². The topological polar surface area (TPSA) is 75.4 Å². The van der Waals surface area contributed by atoms with Gasteiger partial charge in [-0.25, -0.2) is 0 Å². The van der Waals surface area contributed by atoms with Crippen molar-refractivity contribution < 1.29 is 9.59 Å². The van der Waals surface area contributed by atoms with E-state index in [9.17, 15) is 9.59 Å². The van der Waals surface area contributed by atoms with E-state index in [1.807, 2.05) is 39.0 Å². The molecule has 1 aromatic rings. The van der Waals surface area contributed by atoms with Gasteiger partial charge in [0.05, 0.1) is 0 Å². The van der Waals surface area contributed by atoms with Crippen LogP contribution in [0.4, 0.5) is 0 Å². The molecular weight excluding hydrogens is 314 g/mol. The van der Waals surface area contributed by atoms with Crippen LogP contribution in [-0.4, -0.2) is 41.9 Å². The highest BCUT2D eigenvalue weighted by Crippen LogP contribution is 2.14. The Morgan fingerprint density at radius 1 is 1.30 bits per heavy atom. The number of likely N-dealkylation sites (tertiary alicyclic amines) is 1. The van der Waals surface area contributed by atoms with Gasteiger partial charge < -0.3 is 16.0 Å². The second-order valence-corrected chi connectivity index (χ2v) is 6.34. The molecule has 1 aromatic carbocycles. The van der Waals surface area contributed by atoms with Crippen LogP contribution in [0.5, 0.6) is 0 Å². The fraction of sp³-hybridized carbons (Fsp3) is 0.529. The van der Waals surface area contributed by atoms with Crippen LogP contribution >= 0.6 is 12.4 Å². The molecule has 0 bridgehead atoms. The number of hydrogen-bond donors (Lipinski definition) is 2. The molecule has 0 aliphatic carbocycles. The van der Waals surface area contributed by atoms with Crippen molar-refractivity contribution in [3.63, 3.8) is 0 Å². The van der Waals surface area contributed by atoms with Gasteiger partial charge in [-0.05, 0) is 30.9 Å². The Bertz CT molecular complexity index is 563. The van der Waals surface area contributed by atoms with E-state index in [0.29, 0.717) is 18.7 Å². The van der Waals surface area contributed by atoms with Crippen LogP contribution in [0, 0.1) is 12.8 Å². The van der Waals surface area contributed by atoms with Gasteiger partial charge >= 0.3 is 0 Å². The monoisotopic (exact) mass is 339 g/mol. The zero-order valence-electron chi connectivity index (χ0n) is 13.9. The molecule has 0 saturated carbocycles. The molecule has 3 N–H and O–H groups in total. The van der Waals surface area contributed by atoms with E-state index in [-0.39, 0.29) is 36.2 Å². The van der Waals surface area contributed by atoms with Crippen LogP contribution in [0.1, 0.15) is 36.2 Å². The molecule has 128 valence electrons. The molecular formula is C17H26ClN3O2. The predicted octanol–water partition coefficient (Wildman–Crippen LogP) is 1.73. The van der Waals surface area contributed by atoms with E-state index in [4.69, 9.17) is 5.73 Å². The molecule has 1 heterocycles. The summed E-state index contributed by atoms with van der Waals surface area (Å²) in [5, 5.41) is 2.89. The molecule has 2 amide bonds. The molecule has 6 heteroatoms.